The zero-order valence-electron chi connectivity index (χ0n) is 20.7. The van der Waals surface area contributed by atoms with Gasteiger partial charge < -0.3 is 21.5 Å². The lowest BCUT2D eigenvalue weighted by molar-refractivity contribution is -0.124. The second-order valence-corrected chi connectivity index (χ2v) is 10.1. The van der Waals surface area contributed by atoms with Crippen LogP contribution >= 0.6 is 0 Å². The maximum atomic E-state index is 12.4. The molecule has 0 unspecified atom stereocenters. The average molecular weight is 558 g/mol. The molecule has 0 fully saturated rings. The summed E-state index contributed by atoms with van der Waals surface area (Å²) in [5.41, 5.74) is 6.31. The lowest BCUT2D eigenvalue weighted by Gasteiger charge is -2.07. The minimum absolute atomic E-state index is 0.00590. The van der Waals surface area contributed by atoms with Gasteiger partial charge in [-0.25, -0.2) is 17.9 Å². The molecule has 206 valence electrons. The van der Waals surface area contributed by atoms with Gasteiger partial charge in [-0.15, -0.1) is 5.10 Å². The van der Waals surface area contributed by atoms with Crippen molar-refractivity contribution in [3.8, 4) is 0 Å². The van der Waals surface area contributed by atoms with Crippen molar-refractivity contribution in [2.45, 2.75) is 30.7 Å². The van der Waals surface area contributed by atoms with Gasteiger partial charge >= 0.3 is 5.97 Å². The van der Waals surface area contributed by atoms with Crippen molar-refractivity contribution < 1.29 is 32.7 Å². The normalized spacial score (nSPS) is 11.1. The van der Waals surface area contributed by atoms with Crippen LogP contribution in [0.4, 0.5) is 5.69 Å². The fourth-order valence-corrected chi connectivity index (χ4v) is 4.42. The Kier molecular flexibility index (Phi) is 9.83. The van der Waals surface area contributed by atoms with Gasteiger partial charge in [0.05, 0.1) is 22.7 Å². The number of nitrogens with one attached hydrogen (secondary N) is 3. The Hall–Kier alpha value is -4.63. The summed E-state index contributed by atoms with van der Waals surface area (Å²) in [6.07, 6.45) is 1.88. The van der Waals surface area contributed by atoms with Gasteiger partial charge in [-0.05, 0) is 36.4 Å². The zero-order chi connectivity index (χ0) is 28.4. The van der Waals surface area contributed by atoms with Crippen LogP contribution < -0.4 is 21.1 Å². The number of aromatic nitrogens is 3. The van der Waals surface area contributed by atoms with Crippen LogP contribution in [0.5, 0.6) is 0 Å². The van der Waals surface area contributed by atoms with Gasteiger partial charge in [0.25, 0.3) is 0 Å². The molecular weight excluding hydrogens is 530 g/mol. The maximum absolute atomic E-state index is 12.4. The number of primary amides is 1. The highest BCUT2D eigenvalue weighted by Gasteiger charge is 2.16. The summed E-state index contributed by atoms with van der Waals surface area (Å²) in [7, 11) is -3.91. The number of anilines is 1. The molecule has 15 heteroatoms. The standard InChI is InChI=1S/C24H27N7O7S/c25-23(34)16-3-1-5-18(13-16)28-22(33)8-7-21(32)26-10-9-19-15-31(30-29-19)12-11-27-39(37,38)20-6-2-4-17(14-20)24(35)36/h1-6,13-15,27H,7-12H2,(H2,25,34)(H,26,32)(H,28,33)(H,35,36). The number of hydrogen-bond donors (Lipinski definition) is 5. The molecule has 3 aromatic rings. The molecule has 6 N–H and O–H groups in total. The molecule has 2 aromatic carbocycles. The van der Waals surface area contributed by atoms with Crippen LogP contribution in [0, 0.1) is 0 Å². The predicted octanol–water partition coefficient (Wildman–Crippen LogP) is 0.131. The van der Waals surface area contributed by atoms with Gasteiger partial charge in [0.15, 0.2) is 0 Å². The lowest BCUT2D eigenvalue weighted by Crippen LogP contribution is -2.27. The second-order valence-electron chi connectivity index (χ2n) is 8.30. The van der Waals surface area contributed by atoms with Gasteiger partial charge in [-0.1, -0.05) is 17.3 Å². The summed E-state index contributed by atoms with van der Waals surface area (Å²) in [6.45, 7) is 0.426. The van der Waals surface area contributed by atoms with Crippen molar-refractivity contribution in [3.05, 3.63) is 71.5 Å². The van der Waals surface area contributed by atoms with Crippen LogP contribution in [0.15, 0.2) is 59.6 Å². The Bertz CT molecular complexity index is 1470. The number of nitrogens with zero attached hydrogens (tertiary/aromatic N) is 3. The summed E-state index contributed by atoms with van der Waals surface area (Å²) in [5.74, 6) is -2.56. The van der Waals surface area contributed by atoms with Crippen molar-refractivity contribution in [2.24, 2.45) is 5.73 Å². The molecule has 0 radical (unpaired) electrons. The van der Waals surface area contributed by atoms with E-state index in [2.05, 4.69) is 25.7 Å². The number of sulfonamides is 1. The van der Waals surface area contributed by atoms with Gasteiger partial charge in [0.1, 0.15) is 0 Å². The third kappa shape index (κ3) is 9.01. The summed E-state index contributed by atoms with van der Waals surface area (Å²) in [6, 6.07) is 11.2. The van der Waals surface area contributed by atoms with Gasteiger partial charge in [0.2, 0.25) is 27.7 Å². The van der Waals surface area contributed by atoms with E-state index in [1.165, 1.54) is 35.0 Å². The lowest BCUT2D eigenvalue weighted by atomic mass is 10.2. The van der Waals surface area contributed by atoms with E-state index >= 15 is 0 Å². The van der Waals surface area contributed by atoms with E-state index in [1.54, 1.807) is 18.3 Å². The largest absolute Gasteiger partial charge is 0.478 e. The topological polar surface area (TPSA) is 215 Å². The number of carboxylic acids is 1. The molecule has 0 aliphatic carbocycles. The van der Waals surface area contributed by atoms with Crippen molar-refractivity contribution in [2.75, 3.05) is 18.4 Å². The summed E-state index contributed by atoms with van der Waals surface area (Å²) in [5, 5.41) is 22.2. The van der Waals surface area contributed by atoms with E-state index in [0.29, 0.717) is 17.8 Å². The molecule has 3 rings (SSSR count). The van der Waals surface area contributed by atoms with Gasteiger partial charge in [-0.3, -0.25) is 19.1 Å². The number of carbonyl (C=O) groups excluding carboxylic acids is 3. The molecule has 0 saturated heterocycles. The van der Waals surface area contributed by atoms with Crippen LogP contribution in [-0.4, -0.2) is 65.3 Å². The molecule has 0 aliphatic heterocycles. The molecule has 0 saturated carbocycles. The van der Waals surface area contributed by atoms with Crippen molar-refractivity contribution in [3.63, 3.8) is 0 Å². The summed E-state index contributed by atoms with van der Waals surface area (Å²) < 4.78 is 28.6. The number of carboxylic acid groups (broad SMARTS) is 1. The number of amides is 3. The van der Waals surface area contributed by atoms with E-state index in [4.69, 9.17) is 10.8 Å². The Balaban J connectivity index is 1.36. The van der Waals surface area contributed by atoms with E-state index in [1.807, 2.05) is 0 Å². The molecule has 0 bridgehead atoms. The fraction of sp³-hybridized carbons (Fsp3) is 0.250. The molecule has 0 atom stereocenters. The molecule has 0 aliphatic rings. The number of aromatic carboxylic acids is 1. The number of benzene rings is 2. The SMILES string of the molecule is NC(=O)c1cccc(NC(=O)CCC(=O)NCCc2cn(CCNS(=O)(=O)c3cccc(C(=O)O)c3)nn2)c1. The Morgan fingerprint density at radius 2 is 1.67 bits per heavy atom. The predicted molar refractivity (Wildman–Crippen MR) is 138 cm³/mol. The Morgan fingerprint density at radius 1 is 0.949 bits per heavy atom. The first kappa shape index (κ1) is 28.9. The van der Waals surface area contributed by atoms with Crippen molar-refractivity contribution in [1.82, 2.24) is 25.0 Å². The number of hydrogen-bond acceptors (Lipinski definition) is 8. The molecule has 14 nitrogen and oxygen atoms in total. The first-order valence-corrected chi connectivity index (χ1v) is 13.2. The minimum Gasteiger partial charge on any atom is -0.478 e. The quantitative estimate of drug-likeness (QED) is 0.182. The fourth-order valence-electron chi connectivity index (χ4n) is 3.36. The monoisotopic (exact) mass is 557 g/mol. The third-order valence-corrected chi connectivity index (χ3v) is 6.78. The molecule has 1 aromatic heterocycles. The second kappa shape index (κ2) is 13.3. The van der Waals surface area contributed by atoms with Crippen LogP contribution in [0.2, 0.25) is 0 Å². The summed E-state index contributed by atoms with van der Waals surface area (Å²) >= 11 is 0. The first-order valence-electron chi connectivity index (χ1n) is 11.7. The first-order chi connectivity index (χ1) is 18.5. The highest BCUT2D eigenvalue weighted by Crippen LogP contribution is 2.12. The maximum Gasteiger partial charge on any atom is 0.335 e. The smallest absolute Gasteiger partial charge is 0.335 e. The van der Waals surface area contributed by atoms with Crippen molar-refractivity contribution >= 4 is 39.4 Å². The van der Waals surface area contributed by atoms with Crippen LogP contribution in [0.1, 0.15) is 39.3 Å². The van der Waals surface area contributed by atoms with E-state index < -0.39 is 21.9 Å². The van der Waals surface area contributed by atoms with Crippen LogP contribution in [0.25, 0.3) is 0 Å². The minimum atomic E-state index is -3.91. The van der Waals surface area contributed by atoms with E-state index in [-0.39, 0.29) is 60.3 Å². The zero-order valence-corrected chi connectivity index (χ0v) is 21.5. The Labute approximate surface area is 223 Å². The average Bonchev–Trinajstić information content (AvgIpc) is 3.35. The van der Waals surface area contributed by atoms with Crippen molar-refractivity contribution in [1.29, 1.82) is 0 Å². The Morgan fingerprint density at radius 3 is 2.41 bits per heavy atom. The van der Waals surface area contributed by atoms with Gasteiger partial charge in [0, 0.05) is 49.8 Å². The summed E-state index contributed by atoms with van der Waals surface area (Å²) in [4.78, 5) is 46.3. The van der Waals surface area contributed by atoms with Crippen LogP contribution in [0.3, 0.4) is 0 Å². The number of nitrogens with two attached hydrogens (primary N) is 1. The van der Waals surface area contributed by atoms with E-state index in [0.717, 1.165) is 6.07 Å². The van der Waals surface area contributed by atoms with Crippen LogP contribution in [-0.2, 0) is 32.6 Å². The molecule has 3 amide bonds. The number of rotatable bonds is 14. The molecule has 39 heavy (non-hydrogen) atoms. The number of carbonyl (C=O) groups is 4. The molecule has 0 spiro atoms. The molecular formula is C24H27N7O7S. The van der Waals surface area contributed by atoms with Gasteiger partial charge in [-0.2, -0.15) is 0 Å². The third-order valence-electron chi connectivity index (χ3n) is 5.32. The highest BCUT2D eigenvalue weighted by molar-refractivity contribution is 7.89. The highest BCUT2D eigenvalue weighted by atomic mass is 32.2. The molecule has 1 heterocycles. The van der Waals surface area contributed by atoms with E-state index in [9.17, 15) is 27.6 Å².